The van der Waals surface area contributed by atoms with Gasteiger partial charge in [-0.25, -0.2) is 0 Å². The number of allylic oxidation sites excluding steroid dienone is 1. The molecule has 0 fully saturated rings. The van der Waals surface area contributed by atoms with Crippen LogP contribution in [0.1, 0.15) is 31.7 Å². The van der Waals surface area contributed by atoms with Crippen molar-refractivity contribution in [3.8, 4) is 0 Å². The molecule has 0 aliphatic rings. The highest BCUT2D eigenvalue weighted by Gasteiger charge is 2.11. The van der Waals surface area contributed by atoms with Crippen LogP contribution in [0.2, 0.25) is 5.02 Å². The first-order chi connectivity index (χ1) is 7.70. The fourth-order valence-electron chi connectivity index (χ4n) is 1.57. The van der Waals surface area contributed by atoms with Crippen LogP contribution in [0.25, 0.3) is 0 Å². The number of halogens is 1. The highest BCUT2D eigenvalue weighted by Crippen LogP contribution is 2.20. The second-order valence-electron chi connectivity index (χ2n) is 3.72. The maximum Gasteiger partial charge on any atom is 0.0863 e. The lowest BCUT2D eigenvalue weighted by Crippen LogP contribution is -2.16. The Labute approximate surface area is 102 Å². The third-order valence-corrected chi connectivity index (χ3v) is 2.96. The largest absolute Gasteiger partial charge is 0.311 e. The summed E-state index contributed by atoms with van der Waals surface area (Å²) in [5, 5.41) is 8.54. The normalized spacial score (nSPS) is 11.5. The summed E-state index contributed by atoms with van der Waals surface area (Å²) in [7, 11) is 1.94. The molecule has 3 nitrogen and oxygen atoms in total. The molecule has 1 N–H and O–H groups in total. The minimum absolute atomic E-state index is 0.778. The van der Waals surface area contributed by atoms with Crippen molar-refractivity contribution in [3.05, 3.63) is 28.6 Å². The van der Waals surface area contributed by atoms with E-state index in [1.54, 1.807) is 0 Å². The minimum Gasteiger partial charge on any atom is -0.311 e. The topological polar surface area (TPSA) is 29.9 Å². The number of aryl methyl sites for hydroxylation is 2. The summed E-state index contributed by atoms with van der Waals surface area (Å²) in [4.78, 5) is 0. The molecule has 0 amide bonds. The van der Waals surface area contributed by atoms with Crippen molar-refractivity contribution in [1.29, 1.82) is 0 Å². The van der Waals surface area contributed by atoms with Gasteiger partial charge in [0.2, 0.25) is 0 Å². The predicted octanol–water partition coefficient (Wildman–Crippen LogP) is 2.69. The summed E-state index contributed by atoms with van der Waals surface area (Å²) in [5.41, 5.74) is 2.05. The van der Waals surface area contributed by atoms with Gasteiger partial charge in [0.25, 0.3) is 0 Å². The molecule has 0 bridgehead atoms. The van der Waals surface area contributed by atoms with Gasteiger partial charge in [0.05, 0.1) is 16.4 Å². The molecule has 4 heteroatoms. The van der Waals surface area contributed by atoms with E-state index in [4.69, 9.17) is 11.6 Å². The molecular weight excluding hydrogens is 222 g/mol. The Bertz CT molecular complexity index is 355. The molecule has 0 aliphatic heterocycles. The standard InChI is InChI=1S/C12H20ClN3/c1-4-6-7-8-14-9-11-12(13)10(5-2)15-16(11)3/h4,6,14H,5,7-9H2,1-3H3/b6-4+. The van der Waals surface area contributed by atoms with Crippen molar-refractivity contribution < 1.29 is 0 Å². The average molecular weight is 242 g/mol. The molecule has 0 unspecified atom stereocenters. The maximum absolute atomic E-state index is 6.23. The van der Waals surface area contributed by atoms with Crippen molar-refractivity contribution in [3.63, 3.8) is 0 Å². The van der Waals surface area contributed by atoms with Gasteiger partial charge in [-0.2, -0.15) is 5.10 Å². The summed E-state index contributed by atoms with van der Waals surface area (Å²) in [6, 6.07) is 0. The highest BCUT2D eigenvalue weighted by molar-refractivity contribution is 6.31. The molecule has 0 aliphatic carbocycles. The molecule has 0 aromatic carbocycles. The number of hydrogen-bond donors (Lipinski definition) is 1. The summed E-state index contributed by atoms with van der Waals surface area (Å²) >= 11 is 6.23. The van der Waals surface area contributed by atoms with Gasteiger partial charge in [0, 0.05) is 13.6 Å². The van der Waals surface area contributed by atoms with Gasteiger partial charge >= 0.3 is 0 Å². The van der Waals surface area contributed by atoms with Crippen LogP contribution in [0, 0.1) is 0 Å². The fraction of sp³-hybridized carbons (Fsp3) is 0.583. The zero-order valence-electron chi connectivity index (χ0n) is 10.3. The van der Waals surface area contributed by atoms with Crippen LogP contribution in [0.3, 0.4) is 0 Å². The first kappa shape index (κ1) is 13.3. The summed E-state index contributed by atoms with van der Waals surface area (Å²) < 4.78 is 1.86. The molecule has 0 radical (unpaired) electrons. The van der Waals surface area contributed by atoms with Crippen LogP contribution in [0.4, 0.5) is 0 Å². The van der Waals surface area contributed by atoms with Crippen LogP contribution < -0.4 is 5.32 Å². The monoisotopic (exact) mass is 241 g/mol. The number of rotatable bonds is 6. The number of aromatic nitrogens is 2. The van der Waals surface area contributed by atoms with E-state index in [0.29, 0.717) is 0 Å². The number of nitrogens with zero attached hydrogens (tertiary/aromatic N) is 2. The fourth-order valence-corrected chi connectivity index (χ4v) is 1.93. The molecule has 0 saturated heterocycles. The Kier molecular flexibility index (Phi) is 5.56. The van der Waals surface area contributed by atoms with Gasteiger partial charge in [-0.3, -0.25) is 4.68 Å². The van der Waals surface area contributed by atoms with Crippen molar-refractivity contribution >= 4 is 11.6 Å². The molecule has 0 saturated carbocycles. The van der Waals surface area contributed by atoms with E-state index in [9.17, 15) is 0 Å². The zero-order chi connectivity index (χ0) is 12.0. The quantitative estimate of drug-likeness (QED) is 0.613. The number of nitrogens with one attached hydrogen (secondary N) is 1. The van der Waals surface area contributed by atoms with Crippen molar-refractivity contribution in [2.45, 2.75) is 33.2 Å². The molecule has 0 atom stereocenters. The molecule has 90 valence electrons. The van der Waals surface area contributed by atoms with Crippen molar-refractivity contribution in [1.82, 2.24) is 15.1 Å². The van der Waals surface area contributed by atoms with E-state index in [1.165, 1.54) is 0 Å². The lowest BCUT2D eigenvalue weighted by Gasteiger charge is -2.04. The molecule has 16 heavy (non-hydrogen) atoms. The Hall–Kier alpha value is -0.800. The van der Waals surface area contributed by atoms with Crippen molar-refractivity contribution in [2.75, 3.05) is 6.54 Å². The van der Waals surface area contributed by atoms with E-state index in [-0.39, 0.29) is 0 Å². The Balaban J connectivity index is 2.50. The molecule has 1 aromatic rings. The molecule has 0 spiro atoms. The van der Waals surface area contributed by atoms with Gasteiger partial charge in [-0.15, -0.1) is 0 Å². The zero-order valence-corrected chi connectivity index (χ0v) is 11.0. The SMILES string of the molecule is C/C=C/CCNCc1c(Cl)c(CC)nn1C. The third-order valence-electron chi connectivity index (χ3n) is 2.52. The second kappa shape index (κ2) is 6.71. The average Bonchev–Trinajstić information content (AvgIpc) is 2.55. The minimum atomic E-state index is 0.778. The van der Waals surface area contributed by atoms with E-state index < -0.39 is 0 Å². The van der Waals surface area contributed by atoms with Gasteiger partial charge in [-0.1, -0.05) is 30.7 Å². The maximum atomic E-state index is 6.23. The van der Waals surface area contributed by atoms with Crippen molar-refractivity contribution in [2.24, 2.45) is 7.05 Å². The third kappa shape index (κ3) is 3.35. The van der Waals surface area contributed by atoms with Crippen LogP contribution in [0.15, 0.2) is 12.2 Å². The summed E-state index contributed by atoms with van der Waals surface area (Å²) in [6.07, 6.45) is 6.14. The molecule has 1 rings (SSSR count). The lowest BCUT2D eigenvalue weighted by molar-refractivity contribution is 0.627. The molecular formula is C12H20ClN3. The predicted molar refractivity (Wildman–Crippen MR) is 68.7 cm³/mol. The smallest absolute Gasteiger partial charge is 0.0863 e. The van der Waals surface area contributed by atoms with Gasteiger partial charge in [0.1, 0.15) is 0 Å². The Morgan fingerprint density at radius 1 is 1.50 bits per heavy atom. The van der Waals surface area contributed by atoms with Crippen LogP contribution in [-0.2, 0) is 20.0 Å². The van der Waals surface area contributed by atoms with E-state index in [0.717, 1.165) is 42.3 Å². The van der Waals surface area contributed by atoms with Gasteiger partial charge < -0.3 is 5.32 Å². The summed E-state index contributed by atoms with van der Waals surface area (Å²) in [6.45, 7) is 5.84. The van der Waals surface area contributed by atoms with Crippen LogP contribution >= 0.6 is 11.6 Å². The Morgan fingerprint density at radius 2 is 2.25 bits per heavy atom. The first-order valence-corrected chi connectivity index (χ1v) is 6.10. The summed E-state index contributed by atoms with van der Waals surface area (Å²) in [5.74, 6) is 0. The van der Waals surface area contributed by atoms with Crippen LogP contribution in [-0.4, -0.2) is 16.3 Å². The second-order valence-corrected chi connectivity index (χ2v) is 4.10. The molecule has 1 heterocycles. The van der Waals surface area contributed by atoms with E-state index in [1.807, 2.05) is 18.7 Å². The number of hydrogen-bond acceptors (Lipinski definition) is 2. The van der Waals surface area contributed by atoms with E-state index >= 15 is 0 Å². The van der Waals surface area contributed by atoms with E-state index in [2.05, 4.69) is 29.5 Å². The first-order valence-electron chi connectivity index (χ1n) is 5.72. The molecule has 1 aromatic heterocycles. The van der Waals surface area contributed by atoms with Crippen LogP contribution in [0.5, 0.6) is 0 Å². The van der Waals surface area contributed by atoms with Gasteiger partial charge in [-0.05, 0) is 26.3 Å². The highest BCUT2D eigenvalue weighted by atomic mass is 35.5. The Morgan fingerprint density at radius 3 is 2.81 bits per heavy atom. The lowest BCUT2D eigenvalue weighted by atomic mass is 10.3. The van der Waals surface area contributed by atoms with Gasteiger partial charge in [0.15, 0.2) is 0 Å².